The van der Waals surface area contributed by atoms with Gasteiger partial charge in [0.05, 0.1) is 13.1 Å². The van der Waals surface area contributed by atoms with Crippen molar-refractivity contribution < 1.29 is 14.6 Å². The average Bonchev–Trinajstić information content (AvgIpc) is 2.53. The number of carbonyl (C=O) groups is 1. The van der Waals surface area contributed by atoms with E-state index in [9.17, 15) is 9.90 Å². The van der Waals surface area contributed by atoms with Crippen molar-refractivity contribution in [3.05, 3.63) is 35.9 Å². The summed E-state index contributed by atoms with van der Waals surface area (Å²) in [5.74, 6) is 0. The van der Waals surface area contributed by atoms with E-state index in [2.05, 4.69) is 36.1 Å². The average molecular weight is 360 g/mol. The van der Waals surface area contributed by atoms with Crippen LogP contribution in [0.1, 0.15) is 52.5 Å². The Labute approximate surface area is 156 Å². The maximum atomic E-state index is 12.2. The van der Waals surface area contributed by atoms with Crippen molar-refractivity contribution in [3.8, 4) is 0 Å². The van der Waals surface area contributed by atoms with Crippen molar-refractivity contribution in [2.45, 2.75) is 76.8 Å². The zero-order chi connectivity index (χ0) is 18.9. The maximum absolute atomic E-state index is 12.2. The molecule has 2 saturated heterocycles. The first kappa shape index (κ1) is 19.2. The number of likely N-dealkylation sites (tertiary alicyclic amines) is 2. The first-order valence-electron chi connectivity index (χ1n) is 9.68. The smallest absolute Gasteiger partial charge is 0.410 e. The van der Waals surface area contributed by atoms with E-state index in [1.807, 2.05) is 26.8 Å². The van der Waals surface area contributed by atoms with Gasteiger partial charge in [0.15, 0.2) is 0 Å². The van der Waals surface area contributed by atoms with Crippen LogP contribution in [0.5, 0.6) is 0 Å². The molecule has 144 valence electrons. The number of amides is 1. The molecule has 1 aromatic carbocycles. The van der Waals surface area contributed by atoms with Gasteiger partial charge in [-0.05, 0) is 46.1 Å². The SMILES string of the molecule is C[C@H]1CCC[C@@H](C2(O)CN(C(=O)OC(C)(C)C)C2)N1Cc1ccccc1. The normalized spacial score (nSPS) is 26.3. The Hall–Kier alpha value is -1.59. The molecule has 2 aliphatic rings. The van der Waals surface area contributed by atoms with Gasteiger partial charge in [-0.25, -0.2) is 4.79 Å². The first-order chi connectivity index (χ1) is 12.2. The van der Waals surface area contributed by atoms with Crippen LogP contribution < -0.4 is 0 Å². The highest BCUT2D eigenvalue weighted by Gasteiger charge is 2.53. The molecule has 1 N–H and O–H groups in total. The molecule has 0 radical (unpaired) electrons. The summed E-state index contributed by atoms with van der Waals surface area (Å²) in [4.78, 5) is 16.3. The lowest BCUT2D eigenvalue weighted by Crippen LogP contribution is -2.73. The minimum Gasteiger partial charge on any atom is -0.444 e. The molecule has 0 aromatic heterocycles. The fraction of sp³-hybridized carbons (Fsp3) is 0.667. The Kier molecular flexibility index (Phi) is 5.31. The summed E-state index contributed by atoms with van der Waals surface area (Å²) in [6, 6.07) is 10.9. The summed E-state index contributed by atoms with van der Waals surface area (Å²) in [5.41, 5.74) is -0.0951. The van der Waals surface area contributed by atoms with Crippen molar-refractivity contribution >= 4 is 6.09 Å². The predicted molar refractivity (Wildman–Crippen MR) is 102 cm³/mol. The van der Waals surface area contributed by atoms with E-state index < -0.39 is 11.2 Å². The van der Waals surface area contributed by atoms with Gasteiger partial charge in [0, 0.05) is 18.6 Å². The van der Waals surface area contributed by atoms with Crippen LogP contribution in [0.15, 0.2) is 30.3 Å². The number of β-amino-alcohol motifs (C(OH)–C–C–N with tert-alkyl or cyclic N) is 1. The van der Waals surface area contributed by atoms with Gasteiger partial charge in [0.1, 0.15) is 11.2 Å². The van der Waals surface area contributed by atoms with Gasteiger partial charge < -0.3 is 14.7 Å². The molecule has 0 bridgehead atoms. The van der Waals surface area contributed by atoms with Gasteiger partial charge in [-0.15, -0.1) is 0 Å². The zero-order valence-electron chi connectivity index (χ0n) is 16.4. The number of hydrogen-bond acceptors (Lipinski definition) is 4. The molecule has 0 aliphatic carbocycles. The van der Waals surface area contributed by atoms with E-state index in [1.54, 1.807) is 4.90 Å². The lowest BCUT2D eigenvalue weighted by molar-refractivity contribution is -0.158. The highest BCUT2D eigenvalue weighted by atomic mass is 16.6. The highest BCUT2D eigenvalue weighted by Crippen LogP contribution is 2.37. The van der Waals surface area contributed by atoms with Gasteiger partial charge in [0.25, 0.3) is 0 Å². The van der Waals surface area contributed by atoms with Crippen LogP contribution in [-0.4, -0.2) is 57.4 Å². The van der Waals surface area contributed by atoms with E-state index in [1.165, 1.54) is 5.56 Å². The van der Waals surface area contributed by atoms with E-state index in [-0.39, 0.29) is 12.1 Å². The summed E-state index contributed by atoms with van der Waals surface area (Å²) in [6.07, 6.45) is 2.90. The van der Waals surface area contributed by atoms with Crippen LogP contribution in [0.2, 0.25) is 0 Å². The standard InChI is InChI=1S/C21H32N2O3/c1-16-9-8-12-18(23(16)13-17-10-6-5-7-11-17)21(25)14-22(15-21)19(24)26-20(2,3)4/h5-7,10-11,16,18,25H,8-9,12-15H2,1-4H3/t16-,18-/m0/s1. The molecule has 2 fully saturated rings. The second kappa shape index (κ2) is 7.20. The van der Waals surface area contributed by atoms with Crippen LogP contribution in [0.3, 0.4) is 0 Å². The van der Waals surface area contributed by atoms with Crippen molar-refractivity contribution in [3.63, 3.8) is 0 Å². The van der Waals surface area contributed by atoms with Crippen molar-refractivity contribution in [2.75, 3.05) is 13.1 Å². The van der Waals surface area contributed by atoms with Crippen molar-refractivity contribution in [2.24, 2.45) is 0 Å². The second-order valence-electron chi connectivity index (χ2n) is 8.89. The van der Waals surface area contributed by atoms with Crippen LogP contribution in [0.25, 0.3) is 0 Å². The molecular formula is C21H32N2O3. The molecule has 5 nitrogen and oxygen atoms in total. The third-order valence-corrected chi connectivity index (χ3v) is 5.48. The second-order valence-corrected chi connectivity index (χ2v) is 8.89. The Morgan fingerprint density at radius 2 is 1.88 bits per heavy atom. The molecule has 1 aromatic rings. The summed E-state index contributed by atoms with van der Waals surface area (Å²) in [6.45, 7) is 9.36. The fourth-order valence-corrected chi connectivity index (χ4v) is 4.16. The van der Waals surface area contributed by atoms with Crippen molar-refractivity contribution in [1.82, 2.24) is 9.80 Å². The zero-order valence-corrected chi connectivity index (χ0v) is 16.4. The number of ether oxygens (including phenoxy) is 1. The monoisotopic (exact) mass is 360 g/mol. The molecule has 5 heteroatoms. The Morgan fingerprint density at radius 1 is 1.23 bits per heavy atom. The van der Waals surface area contributed by atoms with Crippen molar-refractivity contribution in [1.29, 1.82) is 0 Å². The number of aliphatic hydroxyl groups is 1. The van der Waals surface area contributed by atoms with E-state index >= 15 is 0 Å². The first-order valence-corrected chi connectivity index (χ1v) is 9.68. The molecular weight excluding hydrogens is 328 g/mol. The molecule has 3 rings (SSSR count). The topological polar surface area (TPSA) is 53.0 Å². The summed E-state index contributed by atoms with van der Waals surface area (Å²) in [7, 11) is 0. The summed E-state index contributed by atoms with van der Waals surface area (Å²) in [5, 5.41) is 11.2. The molecule has 0 spiro atoms. The Bertz CT molecular complexity index is 620. The van der Waals surface area contributed by atoms with E-state index in [0.29, 0.717) is 19.1 Å². The van der Waals surface area contributed by atoms with Gasteiger partial charge in [0.2, 0.25) is 0 Å². The Balaban J connectivity index is 1.67. The predicted octanol–water partition coefficient (Wildman–Crippen LogP) is 3.41. The number of nitrogens with zero attached hydrogens (tertiary/aromatic N) is 2. The van der Waals surface area contributed by atoms with Crippen LogP contribution in [0, 0.1) is 0 Å². The van der Waals surface area contributed by atoms with E-state index in [0.717, 1.165) is 25.8 Å². The number of benzene rings is 1. The lowest BCUT2D eigenvalue weighted by atomic mass is 9.79. The van der Waals surface area contributed by atoms with Gasteiger partial charge in [-0.1, -0.05) is 36.8 Å². The van der Waals surface area contributed by atoms with Gasteiger partial charge >= 0.3 is 6.09 Å². The van der Waals surface area contributed by atoms with Crippen LogP contribution in [-0.2, 0) is 11.3 Å². The number of piperidine rings is 1. The minimum absolute atomic E-state index is 0.0742. The quantitative estimate of drug-likeness (QED) is 0.897. The summed E-state index contributed by atoms with van der Waals surface area (Å²) >= 11 is 0. The third-order valence-electron chi connectivity index (χ3n) is 5.48. The molecule has 2 aliphatic heterocycles. The number of carbonyl (C=O) groups excluding carboxylic acids is 1. The van der Waals surface area contributed by atoms with Crippen LogP contribution >= 0.6 is 0 Å². The fourth-order valence-electron chi connectivity index (χ4n) is 4.16. The van der Waals surface area contributed by atoms with Crippen LogP contribution in [0.4, 0.5) is 4.79 Å². The molecule has 1 amide bonds. The number of rotatable bonds is 3. The minimum atomic E-state index is -0.847. The maximum Gasteiger partial charge on any atom is 0.410 e. The summed E-state index contributed by atoms with van der Waals surface area (Å²) < 4.78 is 5.43. The largest absolute Gasteiger partial charge is 0.444 e. The molecule has 0 saturated carbocycles. The lowest BCUT2D eigenvalue weighted by Gasteiger charge is -2.55. The third kappa shape index (κ3) is 4.21. The molecule has 2 atom stereocenters. The molecule has 2 heterocycles. The van der Waals surface area contributed by atoms with Gasteiger partial charge in [-0.3, -0.25) is 4.90 Å². The molecule has 0 unspecified atom stereocenters. The Morgan fingerprint density at radius 3 is 2.50 bits per heavy atom. The van der Waals surface area contributed by atoms with E-state index in [4.69, 9.17) is 4.74 Å². The highest BCUT2D eigenvalue weighted by molar-refractivity contribution is 5.69. The van der Waals surface area contributed by atoms with Gasteiger partial charge in [-0.2, -0.15) is 0 Å². The number of hydrogen-bond donors (Lipinski definition) is 1. The molecule has 26 heavy (non-hydrogen) atoms.